The molecule has 0 aliphatic carbocycles. The zero-order valence-corrected chi connectivity index (χ0v) is 15.9. The molecule has 0 N–H and O–H groups in total. The van der Waals surface area contributed by atoms with Crippen molar-refractivity contribution in [3.05, 3.63) is 40.4 Å². The van der Waals surface area contributed by atoms with Gasteiger partial charge >= 0.3 is 6.09 Å². The molecule has 0 radical (unpaired) electrons. The van der Waals surface area contributed by atoms with Crippen LogP contribution in [0.4, 0.5) is 10.6 Å². The average molecular weight is 380 g/mol. The van der Waals surface area contributed by atoms with Crippen LogP contribution in [-0.2, 0) is 11.3 Å². The zero-order valence-electron chi connectivity index (χ0n) is 14.4. The van der Waals surface area contributed by atoms with E-state index < -0.39 is 11.7 Å². The van der Waals surface area contributed by atoms with Crippen molar-refractivity contribution in [3.63, 3.8) is 0 Å². The van der Waals surface area contributed by atoms with E-state index in [4.69, 9.17) is 20.8 Å². The number of aryl methyl sites for hydroxylation is 1. The topological polar surface area (TPSA) is 68.5 Å². The summed E-state index contributed by atoms with van der Waals surface area (Å²) in [7, 11) is 0. The van der Waals surface area contributed by atoms with Crippen LogP contribution in [0, 0.1) is 6.92 Å². The molecule has 0 bridgehead atoms. The Bertz CT molecular complexity index is 900. The highest BCUT2D eigenvalue weighted by atomic mass is 35.5. The number of fused-ring (bicyclic) bond motifs is 1. The number of aromatic nitrogens is 2. The molecular formula is C17H18ClN3O3S. The number of amides is 1. The average Bonchev–Trinajstić information content (AvgIpc) is 3.13. The van der Waals surface area contributed by atoms with Gasteiger partial charge in [0, 0.05) is 0 Å². The van der Waals surface area contributed by atoms with Gasteiger partial charge in [-0.3, -0.25) is 4.90 Å². The quantitative estimate of drug-likeness (QED) is 0.586. The molecule has 0 unspecified atom stereocenters. The van der Waals surface area contributed by atoms with Crippen LogP contribution in [-0.4, -0.2) is 21.7 Å². The molecule has 3 heterocycles. The summed E-state index contributed by atoms with van der Waals surface area (Å²) < 4.78 is 11.7. The second-order valence-electron chi connectivity index (χ2n) is 6.56. The van der Waals surface area contributed by atoms with Crippen LogP contribution in [0.2, 0.25) is 5.28 Å². The minimum Gasteiger partial charge on any atom is -0.467 e. The molecule has 0 aliphatic heterocycles. The van der Waals surface area contributed by atoms with E-state index in [2.05, 4.69) is 9.97 Å². The van der Waals surface area contributed by atoms with Crippen LogP contribution in [0.5, 0.6) is 0 Å². The van der Waals surface area contributed by atoms with Gasteiger partial charge in [-0.1, -0.05) is 0 Å². The van der Waals surface area contributed by atoms with Crippen molar-refractivity contribution in [2.45, 2.75) is 39.8 Å². The summed E-state index contributed by atoms with van der Waals surface area (Å²) in [6, 6.07) is 3.55. The van der Waals surface area contributed by atoms with Crippen molar-refractivity contribution >= 4 is 45.1 Å². The molecule has 6 nitrogen and oxygen atoms in total. The third-order valence-electron chi connectivity index (χ3n) is 3.31. The van der Waals surface area contributed by atoms with Gasteiger partial charge in [0.1, 0.15) is 11.4 Å². The third-order valence-corrected chi connectivity index (χ3v) is 4.56. The number of carbonyl (C=O) groups is 1. The van der Waals surface area contributed by atoms with E-state index in [1.807, 2.05) is 33.1 Å². The first-order valence-electron chi connectivity index (χ1n) is 7.69. The van der Waals surface area contributed by atoms with Crippen LogP contribution >= 0.6 is 22.9 Å². The summed E-state index contributed by atoms with van der Waals surface area (Å²) in [4.78, 5) is 22.8. The Kier molecular flexibility index (Phi) is 4.71. The lowest BCUT2D eigenvalue weighted by molar-refractivity contribution is 0.0574. The lowest BCUT2D eigenvalue weighted by Crippen LogP contribution is -2.37. The summed E-state index contributed by atoms with van der Waals surface area (Å²) in [5.41, 5.74) is 1.07. The molecule has 0 fully saturated rings. The summed E-state index contributed by atoms with van der Waals surface area (Å²) in [5.74, 6) is 1.03. The van der Waals surface area contributed by atoms with Crippen molar-refractivity contribution in [2.24, 2.45) is 0 Å². The minimum atomic E-state index is -0.639. The van der Waals surface area contributed by atoms with Gasteiger partial charge in [-0.25, -0.2) is 9.78 Å². The molecule has 3 aromatic rings. The molecule has 25 heavy (non-hydrogen) atoms. The van der Waals surface area contributed by atoms with Crippen molar-refractivity contribution in [1.82, 2.24) is 9.97 Å². The molecule has 3 aromatic heterocycles. The highest BCUT2D eigenvalue weighted by molar-refractivity contribution is 7.18. The largest absolute Gasteiger partial charge is 0.467 e. The first-order valence-corrected chi connectivity index (χ1v) is 8.94. The highest BCUT2D eigenvalue weighted by Crippen LogP contribution is 2.34. The molecule has 0 atom stereocenters. The summed E-state index contributed by atoms with van der Waals surface area (Å²) in [6.45, 7) is 7.56. The second kappa shape index (κ2) is 6.65. The number of ether oxygens (including phenoxy) is 1. The number of carbonyl (C=O) groups excluding carboxylic acids is 1. The predicted molar refractivity (Wildman–Crippen MR) is 98.3 cm³/mol. The molecule has 0 spiro atoms. The monoisotopic (exact) mass is 379 g/mol. The van der Waals surface area contributed by atoms with E-state index in [0.29, 0.717) is 11.6 Å². The van der Waals surface area contributed by atoms with Gasteiger partial charge in [-0.2, -0.15) is 4.98 Å². The van der Waals surface area contributed by atoms with Crippen LogP contribution in [0.15, 0.2) is 28.2 Å². The van der Waals surface area contributed by atoms with Gasteiger partial charge in [0.15, 0.2) is 5.82 Å². The van der Waals surface area contributed by atoms with E-state index in [0.717, 1.165) is 15.8 Å². The van der Waals surface area contributed by atoms with E-state index in [-0.39, 0.29) is 11.8 Å². The third kappa shape index (κ3) is 3.93. The highest BCUT2D eigenvalue weighted by Gasteiger charge is 2.28. The Morgan fingerprint density at radius 1 is 1.40 bits per heavy atom. The van der Waals surface area contributed by atoms with Gasteiger partial charge in [0.25, 0.3) is 0 Å². The number of furan rings is 1. The van der Waals surface area contributed by atoms with Crippen molar-refractivity contribution in [1.29, 1.82) is 0 Å². The van der Waals surface area contributed by atoms with Crippen LogP contribution in [0.25, 0.3) is 10.2 Å². The van der Waals surface area contributed by atoms with Crippen LogP contribution < -0.4 is 4.90 Å². The molecule has 3 rings (SSSR count). The SMILES string of the molecule is Cc1csc2c(N(Cc3ccco3)C(=O)OC(C)(C)C)nc(Cl)nc12. The Labute approximate surface area is 154 Å². The Morgan fingerprint density at radius 3 is 2.80 bits per heavy atom. The van der Waals surface area contributed by atoms with E-state index in [9.17, 15) is 4.79 Å². The molecule has 0 saturated carbocycles. The Balaban J connectivity index is 2.09. The van der Waals surface area contributed by atoms with E-state index in [1.54, 1.807) is 18.4 Å². The van der Waals surface area contributed by atoms with Crippen LogP contribution in [0.1, 0.15) is 32.1 Å². The number of halogens is 1. The smallest absolute Gasteiger partial charge is 0.416 e. The standard InChI is InChI=1S/C17H18ClN3O3S/c1-10-9-25-13-12(10)19-15(18)20-14(13)21(8-11-6-5-7-23-11)16(22)24-17(2,3)4/h5-7,9H,8H2,1-4H3. The fourth-order valence-corrected chi connectivity index (χ4v) is 3.43. The maximum Gasteiger partial charge on any atom is 0.416 e. The summed E-state index contributed by atoms with van der Waals surface area (Å²) in [6.07, 6.45) is 1.03. The lowest BCUT2D eigenvalue weighted by atomic mass is 10.2. The second-order valence-corrected chi connectivity index (χ2v) is 7.78. The van der Waals surface area contributed by atoms with Crippen LogP contribution in [0.3, 0.4) is 0 Å². The van der Waals surface area contributed by atoms with Gasteiger partial charge in [-0.05, 0) is 62.4 Å². The Hall–Kier alpha value is -2.12. The molecule has 1 amide bonds. The molecule has 8 heteroatoms. The first-order chi connectivity index (χ1) is 11.7. The number of rotatable bonds is 3. The number of nitrogens with zero attached hydrogens (tertiary/aromatic N) is 3. The minimum absolute atomic E-state index is 0.0806. The molecule has 132 valence electrons. The maximum absolute atomic E-state index is 12.8. The van der Waals surface area contributed by atoms with Crippen molar-refractivity contribution in [3.8, 4) is 0 Å². The van der Waals surface area contributed by atoms with Gasteiger partial charge in [0.2, 0.25) is 5.28 Å². The summed E-state index contributed by atoms with van der Waals surface area (Å²) >= 11 is 7.56. The van der Waals surface area contributed by atoms with E-state index >= 15 is 0 Å². The summed E-state index contributed by atoms with van der Waals surface area (Å²) in [5, 5.41) is 2.04. The van der Waals surface area contributed by atoms with Crippen molar-refractivity contribution in [2.75, 3.05) is 4.90 Å². The van der Waals surface area contributed by atoms with Gasteiger partial charge in [0.05, 0.1) is 23.0 Å². The Morgan fingerprint density at radius 2 is 2.16 bits per heavy atom. The first kappa shape index (κ1) is 17.7. The maximum atomic E-state index is 12.8. The van der Waals surface area contributed by atoms with Gasteiger partial charge < -0.3 is 9.15 Å². The molecule has 0 aliphatic rings. The number of anilines is 1. The van der Waals surface area contributed by atoms with E-state index in [1.165, 1.54) is 16.2 Å². The molecule has 0 saturated heterocycles. The normalized spacial score (nSPS) is 11.7. The number of hydrogen-bond acceptors (Lipinski definition) is 6. The predicted octanol–water partition coefficient (Wildman–Crippen LogP) is 5.19. The van der Waals surface area contributed by atoms with Crippen molar-refractivity contribution < 1.29 is 13.9 Å². The zero-order chi connectivity index (χ0) is 18.2. The lowest BCUT2D eigenvalue weighted by Gasteiger charge is -2.26. The fourth-order valence-electron chi connectivity index (χ4n) is 2.28. The van der Waals surface area contributed by atoms with Gasteiger partial charge in [-0.15, -0.1) is 11.3 Å². The number of thiophene rings is 1. The molecular weight excluding hydrogens is 362 g/mol. The fraction of sp³-hybridized carbons (Fsp3) is 0.353. The molecule has 0 aromatic carbocycles. The number of hydrogen-bond donors (Lipinski definition) is 0.